The molecule has 0 saturated heterocycles. The van der Waals surface area contributed by atoms with Crippen molar-refractivity contribution in [2.24, 2.45) is 0 Å². The molecule has 0 spiro atoms. The number of ether oxygens (including phenoxy) is 2. The summed E-state index contributed by atoms with van der Waals surface area (Å²) < 4.78 is 12.0. The van der Waals surface area contributed by atoms with E-state index in [0.29, 0.717) is 0 Å². The highest BCUT2D eigenvalue weighted by atomic mass is 16.5. The van der Waals surface area contributed by atoms with E-state index in [1.165, 1.54) is 22.3 Å². The predicted octanol–water partition coefficient (Wildman–Crippen LogP) is 7.10. The van der Waals surface area contributed by atoms with Gasteiger partial charge in [-0.2, -0.15) is 0 Å². The van der Waals surface area contributed by atoms with Crippen LogP contribution in [0.15, 0.2) is 121 Å². The first-order valence-electron chi connectivity index (χ1n) is 14.0. The smallest absolute Gasteiger partial charge is 0.127 e. The van der Waals surface area contributed by atoms with E-state index in [1.54, 1.807) is 0 Å². The van der Waals surface area contributed by atoms with Gasteiger partial charge in [-0.15, -0.1) is 0 Å². The van der Waals surface area contributed by atoms with Gasteiger partial charge in [-0.05, 0) is 56.3 Å². The van der Waals surface area contributed by atoms with Crippen LogP contribution in [0, 0.1) is 0 Å². The van der Waals surface area contributed by atoms with Crippen LogP contribution in [0.1, 0.15) is 22.3 Å². The van der Waals surface area contributed by atoms with Crippen molar-refractivity contribution in [3.05, 3.63) is 144 Å². The first kappa shape index (κ1) is 25.3. The molecule has 0 amide bonds. The van der Waals surface area contributed by atoms with Gasteiger partial charge in [0.1, 0.15) is 24.7 Å². The monoisotopic (exact) mass is 538 g/mol. The lowest BCUT2D eigenvalue weighted by atomic mass is 9.65. The average molecular weight is 539 g/mol. The minimum atomic E-state index is -0.628. The first-order chi connectivity index (χ1) is 20.3. The highest BCUT2D eigenvalue weighted by molar-refractivity contribution is 6.00. The number of hydrogen-bond acceptors (Lipinski definition) is 4. The zero-order valence-electron chi connectivity index (χ0n) is 22.6. The standard InChI is InChI=1S/C37H30O4/c38-21-23-40-35-19-7-11-27-29(35)13-5-17-33(27)37(31-15-3-1-9-25(31)26-10-2-4-16-32(26)37)34-18-6-14-30-28(34)12-8-20-36(30)41-24-22-39/h1-20,38-39H,21-24H2. The molecule has 0 aliphatic heterocycles. The molecule has 0 heterocycles. The molecule has 41 heavy (non-hydrogen) atoms. The number of aliphatic hydroxyl groups is 2. The van der Waals surface area contributed by atoms with E-state index in [4.69, 9.17) is 9.47 Å². The lowest BCUT2D eigenvalue weighted by molar-refractivity contribution is 0.203. The van der Waals surface area contributed by atoms with E-state index >= 15 is 0 Å². The number of fused-ring (bicyclic) bond motifs is 5. The van der Waals surface area contributed by atoms with E-state index in [9.17, 15) is 10.2 Å². The van der Waals surface area contributed by atoms with Gasteiger partial charge in [0, 0.05) is 10.8 Å². The predicted molar refractivity (Wildman–Crippen MR) is 164 cm³/mol. The van der Waals surface area contributed by atoms with Crippen molar-refractivity contribution in [3.63, 3.8) is 0 Å². The molecule has 1 aliphatic rings. The zero-order chi connectivity index (χ0) is 27.8. The number of hydrogen-bond donors (Lipinski definition) is 2. The molecule has 4 nitrogen and oxygen atoms in total. The van der Waals surface area contributed by atoms with Crippen molar-refractivity contribution in [1.29, 1.82) is 0 Å². The fourth-order valence-corrected chi connectivity index (χ4v) is 6.74. The van der Waals surface area contributed by atoms with Crippen molar-refractivity contribution < 1.29 is 19.7 Å². The first-order valence-corrected chi connectivity index (χ1v) is 14.0. The number of benzene rings is 6. The van der Waals surface area contributed by atoms with Crippen molar-refractivity contribution in [2.75, 3.05) is 26.4 Å². The van der Waals surface area contributed by atoms with E-state index < -0.39 is 5.41 Å². The topological polar surface area (TPSA) is 58.9 Å². The Bertz CT molecular complexity index is 1750. The van der Waals surface area contributed by atoms with Crippen LogP contribution in [0.2, 0.25) is 0 Å². The van der Waals surface area contributed by atoms with E-state index in [-0.39, 0.29) is 26.4 Å². The third-order valence-electron chi connectivity index (χ3n) is 8.22. The second kappa shape index (κ2) is 10.4. The van der Waals surface area contributed by atoms with E-state index in [2.05, 4.69) is 97.1 Å². The summed E-state index contributed by atoms with van der Waals surface area (Å²) in [5.41, 5.74) is 6.59. The quantitative estimate of drug-likeness (QED) is 0.217. The maximum Gasteiger partial charge on any atom is 0.127 e. The van der Waals surface area contributed by atoms with Gasteiger partial charge in [0.25, 0.3) is 0 Å². The van der Waals surface area contributed by atoms with Crippen molar-refractivity contribution in [3.8, 4) is 22.6 Å². The van der Waals surface area contributed by atoms with Gasteiger partial charge >= 0.3 is 0 Å². The Kier molecular flexibility index (Phi) is 6.43. The van der Waals surface area contributed by atoms with Gasteiger partial charge in [0.15, 0.2) is 0 Å². The van der Waals surface area contributed by atoms with Gasteiger partial charge < -0.3 is 19.7 Å². The molecule has 0 bridgehead atoms. The fourth-order valence-electron chi connectivity index (χ4n) is 6.74. The SMILES string of the molecule is OCCOc1cccc2c(C3(c4cccc5c(OCCO)cccc45)c4ccccc4-c4ccccc43)cccc12. The molecule has 7 rings (SSSR count). The van der Waals surface area contributed by atoms with Gasteiger partial charge in [-0.1, -0.05) is 109 Å². The minimum absolute atomic E-state index is 0.0442. The molecule has 4 heteroatoms. The normalized spacial score (nSPS) is 13.2. The Morgan fingerprint density at radius 1 is 0.415 bits per heavy atom. The molecular weight excluding hydrogens is 508 g/mol. The number of aliphatic hydroxyl groups excluding tert-OH is 2. The summed E-state index contributed by atoms with van der Waals surface area (Å²) in [4.78, 5) is 0. The second-order valence-electron chi connectivity index (χ2n) is 10.3. The summed E-state index contributed by atoms with van der Waals surface area (Å²) in [5.74, 6) is 1.51. The molecule has 0 saturated carbocycles. The summed E-state index contributed by atoms with van der Waals surface area (Å²) in [7, 11) is 0. The summed E-state index contributed by atoms with van der Waals surface area (Å²) in [5, 5.41) is 23.1. The summed E-state index contributed by atoms with van der Waals surface area (Å²) in [6.45, 7) is 0.384. The molecule has 2 N–H and O–H groups in total. The molecule has 1 aliphatic carbocycles. The van der Waals surface area contributed by atoms with Crippen LogP contribution in [0.3, 0.4) is 0 Å². The summed E-state index contributed by atoms with van der Waals surface area (Å²) >= 11 is 0. The van der Waals surface area contributed by atoms with Crippen molar-refractivity contribution >= 4 is 21.5 Å². The van der Waals surface area contributed by atoms with Crippen LogP contribution in [-0.4, -0.2) is 36.6 Å². The van der Waals surface area contributed by atoms with Crippen LogP contribution in [0.4, 0.5) is 0 Å². The van der Waals surface area contributed by atoms with Gasteiger partial charge in [0.2, 0.25) is 0 Å². The third-order valence-corrected chi connectivity index (χ3v) is 8.22. The van der Waals surface area contributed by atoms with Crippen molar-refractivity contribution in [2.45, 2.75) is 5.41 Å². The van der Waals surface area contributed by atoms with Crippen LogP contribution >= 0.6 is 0 Å². The largest absolute Gasteiger partial charge is 0.491 e. The second-order valence-corrected chi connectivity index (χ2v) is 10.3. The lowest BCUT2D eigenvalue weighted by Crippen LogP contribution is -2.29. The van der Waals surface area contributed by atoms with Crippen LogP contribution < -0.4 is 9.47 Å². The van der Waals surface area contributed by atoms with Gasteiger partial charge in [-0.3, -0.25) is 0 Å². The lowest BCUT2D eigenvalue weighted by Gasteiger charge is -2.36. The van der Waals surface area contributed by atoms with Crippen LogP contribution in [0.5, 0.6) is 11.5 Å². The molecule has 6 aromatic rings. The Hall–Kier alpha value is -4.64. The molecule has 0 atom stereocenters. The molecule has 0 unspecified atom stereocenters. The van der Waals surface area contributed by atoms with E-state index in [0.717, 1.165) is 44.2 Å². The highest BCUT2D eigenvalue weighted by Gasteiger charge is 2.47. The third kappa shape index (κ3) is 3.83. The summed E-state index contributed by atoms with van der Waals surface area (Å²) in [6.07, 6.45) is 0. The average Bonchev–Trinajstić information content (AvgIpc) is 3.33. The van der Waals surface area contributed by atoms with E-state index in [1.807, 2.05) is 24.3 Å². The van der Waals surface area contributed by atoms with Gasteiger partial charge in [-0.25, -0.2) is 0 Å². The Balaban J connectivity index is 1.63. The van der Waals surface area contributed by atoms with Gasteiger partial charge in [0.05, 0.1) is 18.6 Å². The van der Waals surface area contributed by atoms with Crippen molar-refractivity contribution in [1.82, 2.24) is 0 Å². The molecule has 202 valence electrons. The maximum absolute atomic E-state index is 9.46. The zero-order valence-corrected chi connectivity index (χ0v) is 22.6. The molecular formula is C37H30O4. The molecule has 0 aromatic heterocycles. The Labute approximate surface area is 239 Å². The van der Waals surface area contributed by atoms with Crippen LogP contribution in [-0.2, 0) is 5.41 Å². The van der Waals surface area contributed by atoms with Crippen LogP contribution in [0.25, 0.3) is 32.7 Å². The summed E-state index contributed by atoms with van der Waals surface area (Å²) in [6, 6.07) is 42.6. The maximum atomic E-state index is 9.46. The number of rotatable bonds is 8. The highest BCUT2D eigenvalue weighted by Crippen LogP contribution is 2.58. The molecule has 0 fully saturated rings. The Morgan fingerprint density at radius 2 is 0.805 bits per heavy atom. The fraction of sp³-hybridized carbons (Fsp3) is 0.135. The molecule has 6 aromatic carbocycles. The molecule has 0 radical (unpaired) electrons. The Morgan fingerprint density at radius 3 is 1.27 bits per heavy atom. The minimum Gasteiger partial charge on any atom is -0.491 e.